The standard InChI is InChI=1S/C13H23N3O/c1-4-13(17,11-5-6-11)7-12-14-9-15-16(12)8-10(2)3/h9-11,17H,4-8H2,1-3H3. The Morgan fingerprint density at radius 2 is 2.24 bits per heavy atom. The third kappa shape index (κ3) is 2.86. The van der Waals surface area contributed by atoms with Crippen LogP contribution in [0, 0.1) is 11.8 Å². The highest BCUT2D eigenvalue weighted by molar-refractivity contribution is 5.01. The molecule has 0 aliphatic heterocycles. The van der Waals surface area contributed by atoms with Crippen LogP contribution in [0.25, 0.3) is 0 Å². The van der Waals surface area contributed by atoms with Crippen LogP contribution in [0.15, 0.2) is 6.33 Å². The molecule has 96 valence electrons. The van der Waals surface area contributed by atoms with Crippen LogP contribution < -0.4 is 0 Å². The Morgan fingerprint density at radius 3 is 2.76 bits per heavy atom. The number of aromatic nitrogens is 3. The third-order valence-corrected chi connectivity index (χ3v) is 3.65. The van der Waals surface area contributed by atoms with E-state index in [1.807, 2.05) is 4.68 Å². The number of aliphatic hydroxyl groups is 1. The predicted octanol–water partition coefficient (Wildman–Crippen LogP) is 2.03. The highest BCUT2D eigenvalue weighted by Crippen LogP contribution is 2.43. The number of hydrogen-bond acceptors (Lipinski definition) is 3. The summed E-state index contributed by atoms with van der Waals surface area (Å²) in [6, 6.07) is 0. The number of rotatable bonds is 6. The van der Waals surface area contributed by atoms with Crippen molar-refractivity contribution in [2.45, 2.75) is 58.6 Å². The fraction of sp³-hybridized carbons (Fsp3) is 0.846. The van der Waals surface area contributed by atoms with E-state index in [9.17, 15) is 5.11 Å². The zero-order valence-electron chi connectivity index (χ0n) is 11.1. The number of nitrogens with zero attached hydrogens (tertiary/aromatic N) is 3. The van der Waals surface area contributed by atoms with E-state index >= 15 is 0 Å². The lowest BCUT2D eigenvalue weighted by molar-refractivity contribution is 0.0109. The molecule has 1 saturated carbocycles. The Labute approximate surface area is 103 Å². The molecule has 1 fully saturated rings. The molecule has 0 bridgehead atoms. The van der Waals surface area contributed by atoms with Gasteiger partial charge in [0, 0.05) is 13.0 Å². The summed E-state index contributed by atoms with van der Waals surface area (Å²) in [4.78, 5) is 4.30. The van der Waals surface area contributed by atoms with Crippen LogP contribution in [0.2, 0.25) is 0 Å². The van der Waals surface area contributed by atoms with Crippen molar-refractivity contribution < 1.29 is 5.11 Å². The van der Waals surface area contributed by atoms with Crippen molar-refractivity contribution in [3.8, 4) is 0 Å². The van der Waals surface area contributed by atoms with Gasteiger partial charge in [0.1, 0.15) is 12.2 Å². The van der Waals surface area contributed by atoms with Crippen molar-refractivity contribution >= 4 is 0 Å². The van der Waals surface area contributed by atoms with Crippen molar-refractivity contribution in [1.29, 1.82) is 0 Å². The normalized spacial score (nSPS) is 19.6. The third-order valence-electron chi connectivity index (χ3n) is 3.65. The van der Waals surface area contributed by atoms with E-state index in [0.29, 0.717) is 18.3 Å². The summed E-state index contributed by atoms with van der Waals surface area (Å²) >= 11 is 0. The maximum absolute atomic E-state index is 10.6. The average Bonchev–Trinajstić information content (AvgIpc) is 3.04. The molecule has 1 aromatic heterocycles. The second-order valence-electron chi connectivity index (χ2n) is 5.66. The van der Waals surface area contributed by atoms with Gasteiger partial charge < -0.3 is 5.11 Å². The van der Waals surface area contributed by atoms with E-state index in [-0.39, 0.29) is 0 Å². The van der Waals surface area contributed by atoms with Crippen molar-refractivity contribution in [2.24, 2.45) is 11.8 Å². The second kappa shape index (κ2) is 4.77. The van der Waals surface area contributed by atoms with Gasteiger partial charge >= 0.3 is 0 Å². The highest BCUT2D eigenvalue weighted by atomic mass is 16.3. The molecule has 1 aliphatic rings. The molecule has 0 spiro atoms. The quantitative estimate of drug-likeness (QED) is 0.823. The van der Waals surface area contributed by atoms with Crippen LogP contribution in [0.5, 0.6) is 0 Å². The van der Waals surface area contributed by atoms with Crippen molar-refractivity contribution in [1.82, 2.24) is 14.8 Å². The average molecular weight is 237 g/mol. The van der Waals surface area contributed by atoms with Gasteiger partial charge in [-0.2, -0.15) is 5.10 Å². The van der Waals surface area contributed by atoms with E-state index in [4.69, 9.17) is 0 Å². The van der Waals surface area contributed by atoms with Gasteiger partial charge in [-0.15, -0.1) is 0 Å². The van der Waals surface area contributed by atoms with E-state index in [0.717, 1.165) is 31.6 Å². The molecule has 2 rings (SSSR count). The summed E-state index contributed by atoms with van der Waals surface area (Å²) in [6.45, 7) is 7.26. The van der Waals surface area contributed by atoms with Crippen molar-refractivity contribution in [3.05, 3.63) is 12.2 Å². The Balaban J connectivity index is 2.09. The van der Waals surface area contributed by atoms with Gasteiger partial charge in [0.05, 0.1) is 5.60 Å². The first kappa shape index (κ1) is 12.6. The maximum Gasteiger partial charge on any atom is 0.138 e. The van der Waals surface area contributed by atoms with E-state index in [1.54, 1.807) is 6.33 Å². The minimum atomic E-state index is -0.568. The molecule has 1 atom stereocenters. The van der Waals surface area contributed by atoms with E-state index < -0.39 is 5.60 Å². The van der Waals surface area contributed by atoms with Crippen molar-refractivity contribution in [3.63, 3.8) is 0 Å². The summed E-state index contributed by atoms with van der Waals surface area (Å²) in [5, 5.41) is 14.9. The first-order chi connectivity index (χ1) is 8.05. The molecular formula is C13H23N3O. The second-order valence-corrected chi connectivity index (χ2v) is 5.66. The van der Waals surface area contributed by atoms with Crippen LogP contribution in [0.3, 0.4) is 0 Å². The highest BCUT2D eigenvalue weighted by Gasteiger charge is 2.43. The number of hydrogen-bond donors (Lipinski definition) is 1. The summed E-state index contributed by atoms with van der Waals surface area (Å²) < 4.78 is 1.94. The Kier molecular flexibility index (Phi) is 3.52. The molecule has 1 aromatic rings. The van der Waals surface area contributed by atoms with E-state index in [2.05, 4.69) is 30.9 Å². The molecule has 0 aromatic carbocycles. The lowest BCUT2D eigenvalue weighted by Crippen LogP contribution is -2.34. The van der Waals surface area contributed by atoms with Gasteiger partial charge in [-0.05, 0) is 31.1 Å². The van der Waals surface area contributed by atoms with E-state index in [1.165, 1.54) is 0 Å². The first-order valence-electron chi connectivity index (χ1n) is 6.64. The summed E-state index contributed by atoms with van der Waals surface area (Å²) in [5.74, 6) is 1.94. The fourth-order valence-electron chi connectivity index (χ4n) is 2.38. The van der Waals surface area contributed by atoms with Gasteiger partial charge in [-0.25, -0.2) is 9.67 Å². The molecule has 1 heterocycles. The molecule has 0 saturated heterocycles. The molecule has 1 aliphatic carbocycles. The predicted molar refractivity (Wildman–Crippen MR) is 66.5 cm³/mol. The zero-order valence-corrected chi connectivity index (χ0v) is 11.1. The van der Waals surface area contributed by atoms with Crippen molar-refractivity contribution in [2.75, 3.05) is 0 Å². The smallest absolute Gasteiger partial charge is 0.138 e. The van der Waals surface area contributed by atoms with Gasteiger partial charge in [0.2, 0.25) is 0 Å². The first-order valence-corrected chi connectivity index (χ1v) is 6.64. The Morgan fingerprint density at radius 1 is 1.53 bits per heavy atom. The molecule has 4 heteroatoms. The van der Waals surface area contributed by atoms with Crippen LogP contribution in [0.1, 0.15) is 45.9 Å². The fourth-order valence-corrected chi connectivity index (χ4v) is 2.38. The Bertz CT molecular complexity index is 370. The molecule has 1 N–H and O–H groups in total. The van der Waals surface area contributed by atoms with Crippen LogP contribution in [-0.4, -0.2) is 25.5 Å². The topological polar surface area (TPSA) is 50.9 Å². The minimum Gasteiger partial charge on any atom is -0.389 e. The molecular weight excluding hydrogens is 214 g/mol. The summed E-state index contributed by atoms with van der Waals surface area (Å²) in [7, 11) is 0. The van der Waals surface area contributed by atoms with Gasteiger partial charge in [-0.1, -0.05) is 20.8 Å². The largest absolute Gasteiger partial charge is 0.389 e. The van der Waals surface area contributed by atoms with Gasteiger partial charge in [-0.3, -0.25) is 0 Å². The molecule has 0 radical (unpaired) electrons. The SMILES string of the molecule is CCC(O)(Cc1ncnn1CC(C)C)C1CC1. The molecule has 0 amide bonds. The monoisotopic (exact) mass is 237 g/mol. The zero-order chi connectivity index (χ0) is 12.5. The Hall–Kier alpha value is -0.900. The summed E-state index contributed by atoms with van der Waals surface area (Å²) in [5.41, 5.74) is -0.568. The maximum atomic E-state index is 10.6. The lowest BCUT2D eigenvalue weighted by atomic mass is 9.90. The minimum absolute atomic E-state index is 0.469. The molecule has 1 unspecified atom stereocenters. The van der Waals surface area contributed by atoms with Gasteiger partial charge in [0.15, 0.2) is 0 Å². The summed E-state index contributed by atoms with van der Waals surface area (Å²) in [6.07, 6.45) is 5.35. The van der Waals surface area contributed by atoms with Crippen LogP contribution >= 0.6 is 0 Å². The molecule has 17 heavy (non-hydrogen) atoms. The molecule has 4 nitrogen and oxygen atoms in total. The van der Waals surface area contributed by atoms with Gasteiger partial charge in [0.25, 0.3) is 0 Å². The lowest BCUT2D eigenvalue weighted by Gasteiger charge is -2.26. The van der Waals surface area contributed by atoms with Crippen LogP contribution in [0.4, 0.5) is 0 Å². The van der Waals surface area contributed by atoms with Crippen LogP contribution in [-0.2, 0) is 13.0 Å².